The number of methoxy groups -OCH3 is 1. The standard InChI is InChI=1S/C22H17NO3/c1-13-10-11-19(26-2)18(12-13)23-17-9-5-8-16-20(17)22(25)15-7-4-3-6-14(15)21(16)24/h3-12,23H,1-2H3. The predicted molar refractivity (Wildman–Crippen MR) is 101 cm³/mol. The van der Waals surface area contributed by atoms with Crippen molar-refractivity contribution in [3.05, 3.63) is 88.5 Å². The van der Waals surface area contributed by atoms with E-state index in [9.17, 15) is 9.59 Å². The van der Waals surface area contributed by atoms with E-state index in [-0.39, 0.29) is 11.6 Å². The molecule has 0 saturated heterocycles. The van der Waals surface area contributed by atoms with Crippen molar-refractivity contribution in [2.24, 2.45) is 0 Å². The van der Waals surface area contributed by atoms with Crippen molar-refractivity contribution in [2.45, 2.75) is 6.92 Å². The van der Waals surface area contributed by atoms with Gasteiger partial charge in [-0.15, -0.1) is 0 Å². The van der Waals surface area contributed by atoms with Crippen LogP contribution < -0.4 is 10.1 Å². The van der Waals surface area contributed by atoms with Gasteiger partial charge in [-0.25, -0.2) is 0 Å². The number of carbonyl (C=O) groups is 2. The Kier molecular flexibility index (Phi) is 3.81. The minimum atomic E-state index is -0.148. The third-order valence-corrected chi connectivity index (χ3v) is 4.58. The number of aryl methyl sites for hydroxylation is 1. The first kappa shape index (κ1) is 16.1. The van der Waals surface area contributed by atoms with Crippen molar-refractivity contribution >= 4 is 22.9 Å². The zero-order valence-electron chi connectivity index (χ0n) is 14.5. The fraction of sp³-hybridized carbons (Fsp3) is 0.0909. The van der Waals surface area contributed by atoms with E-state index < -0.39 is 0 Å². The average molecular weight is 343 g/mol. The summed E-state index contributed by atoms with van der Waals surface area (Å²) in [5.41, 5.74) is 4.13. The van der Waals surface area contributed by atoms with E-state index in [0.717, 1.165) is 11.3 Å². The minimum Gasteiger partial charge on any atom is -0.495 e. The summed E-state index contributed by atoms with van der Waals surface area (Å²) in [5.74, 6) is 0.392. The lowest BCUT2D eigenvalue weighted by molar-refractivity contribution is 0.0979. The summed E-state index contributed by atoms with van der Waals surface area (Å²) in [6.45, 7) is 1.98. The molecule has 0 aromatic heterocycles. The normalized spacial score (nSPS) is 12.4. The number of hydrogen-bond acceptors (Lipinski definition) is 4. The highest BCUT2D eigenvalue weighted by molar-refractivity contribution is 6.30. The van der Waals surface area contributed by atoms with Gasteiger partial charge in [0.2, 0.25) is 0 Å². The molecular weight excluding hydrogens is 326 g/mol. The highest BCUT2D eigenvalue weighted by atomic mass is 16.5. The largest absolute Gasteiger partial charge is 0.495 e. The molecule has 0 radical (unpaired) electrons. The molecule has 4 heteroatoms. The van der Waals surface area contributed by atoms with Crippen LogP contribution in [0.3, 0.4) is 0 Å². The molecule has 1 N–H and O–H groups in total. The van der Waals surface area contributed by atoms with Gasteiger partial charge in [-0.3, -0.25) is 9.59 Å². The first-order valence-corrected chi connectivity index (χ1v) is 8.33. The van der Waals surface area contributed by atoms with Crippen LogP contribution in [0.15, 0.2) is 60.7 Å². The van der Waals surface area contributed by atoms with Crippen LogP contribution in [0.5, 0.6) is 5.75 Å². The van der Waals surface area contributed by atoms with Gasteiger partial charge in [-0.1, -0.05) is 42.5 Å². The van der Waals surface area contributed by atoms with Crippen molar-refractivity contribution < 1.29 is 14.3 Å². The quantitative estimate of drug-likeness (QED) is 0.594. The Morgan fingerprint density at radius 3 is 2.19 bits per heavy atom. The minimum absolute atomic E-state index is 0.130. The van der Waals surface area contributed by atoms with Crippen molar-refractivity contribution in [2.75, 3.05) is 12.4 Å². The molecule has 1 aliphatic carbocycles. The zero-order chi connectivity index (χ0) is 18.3. The fourth-order valence-corrected chi connectivity index (χ4v) is 3.31. The van der Waals surface area contributed by atoms with Crippen LogP contribution in [0, 0.1) is 6.92 Å². The lowest BCUT2D eigenvalue weighted by atomic mass is 9.83. The van der Waals surface area contributed by atoms with Crippen LogP contribution in [0.25, 0.3) is 0 Å². The molecule has 1 aliphatic rings. The average Bonchev–Trinajstić information content (AvgIpc) is 2.66. The zero-order valence-corrected chi connectivity index (χ0v) is 14.5. The van der Waals surface area contributed by atoms with Crippen LogP contribution in [-0.4, -0.2) is 18.7 Å². The molecule has 0 aliphatic heterocycles. The number of benzene rings is 3. The van der Waals surface area contributed by atoms with E-state index in [1.54, 1.807) is 49.6 Å². The van der Waals surface area contributed by atoms with Gasteiger partial charge in [0.15, 0.2) is 11.6 Å². The van der Waals surface area contributed by atoms with E-state index >= 15 is 0 Å². The summed E-state index contributed by atoms with van der Waals surface area (Å²) in [7, 11) is 1.60. The van der Waals surface area contributed by atoms with Gasteiger partial charge in [0.05, 0.1) is 24.0 Å². The Bertz CT molecular complexity index is 1050. The molecule has 0 fully saturated rings. The molecule has 3 aromatic rings. The highest BCUT2D eigenvalue weighted by Gasteiger charge is 2.31. The van der Waals surface area contributed by atoms with E-state index in [2.05, 4.69) is 5.32 Å². The smallest absolute Gasteiger partial charge is 0.196 e. The predicted octanol–water partition coefficient (Wildman–Crippen LogP) is 4.52. The lowest BCUT2D eigenvalue weighted by Gasteiger charge is -2.21. The van der Waals surface area contributed by atoms with Crippen molar-refractivity contribution in [3.63, 3.8) is 0 Å². The SMILES string of the molecule is COc1ccc(C)cc1Nc1cccc2c1C(=O)c1ccccc1C2=O. The number of anilines is 2. The summed E-state index contributed by atoms with van der Waals surface area (Å²) < 4.78 is 5.41. The summed E-state index contributed by atoms with van der Waals surface area (Å²) in [5, 5.41) is 3.28. The van der Waals surface area contributed by atoms with Crippen LogP contribution in [-0.2, 0) is 0 Å². The number of carbonyl (C=O) groups excluding carboxylic acids is 2. The summed E-state index contributed by atoms with van der Waals surface area (Å²) in [6, 6.07) is 18.0. The molecule has 0 amide bonds. The van der Waals surface area contributed by atoms with Gasteiger partial charge < -0.3 is 10.1 Å². The van der Waals surface area contributed by atoms with Crippen LogP contribution in [0.1, 0.15) is 37.4 Å². The number of ether oxygens (including phenoxy) is 1. The number of fused-ring (bicyclic) bond motifs is 2. The third-order valence-electron chi connectivity index (χ3n) is 4.58. The van der Waals surface area contributed by atoms with Gasteiger partial charge in [0.25, 0.3) is 0 Å². The number of rotatable bonds is 3. The molecule has 0 heterocycles. The van der Waals surface area contributed by atoms with Gasteiger partial charge >= 0.3 is 0 Å². The maximum absolute atomic E-state index is 13.1. The third kappa shape index (κ3) is 2.47. The number of ketones is 2. The molecule has 0 bridgehead atoms. The molecule has 0 spiro atoms. The van der Waals surface area contributed by atoms with Gasteiger partial charge in [-0.05, 0) is 30.7 Å². The molecule has 0 saturated carbocycles. The van der Waals surface area contributed by atoms with Crippen molar-refractivity contribution in [3.8, 4) is 5.75 Å². The molecule has 26 heavy (non-hydrogen) atoms. The second-order valence-electron chi connectivity index (χ2n) is 6.26. The van der Waals surface area contributed by atoms with E-state index in [1.165, 1.54) is 0 Å². The fourth-order valence-electron chi connectivity index (χ4n) is 3.31. The van der Waals surface area contributed by atoms with Crippen molar-refractivity contribution in [1.29, 1.82) is 0 Å². The molecule has 0 unspecified atom stereocenters. The summed E-state index contributed by atoms with van der Waals surface area (Å²) in [4.78, 5) is 25.9. The molecule has 4 rings (SSSR count). The maximum Gasteiger partial charge on any atom is 0.196 e. The Morgan fingerprint density at radius 1 is 0.769 bits per heavy atom. The number of nitrogens with one attached hydrogen (secondary N) is 1. The monoisotopic (exact) mass is 343 g/mol. The van der Waals surface area contributed by atoms with Crippen LogP contribution >= 0.6 is 0 Å². The topological polar surface area (TPSA) is 55.4 Å². The lowest BCUT2D eigenvalue weighted by Crippen LogP contribution is -2.22. The first-order valence-electron chi connectivity index (χ1n) is 8.33. The van der Waals surface area contributed by atoms with E-state index in [0.29, 0.717) is 33.7 Å². The van der Waals surface area contributed by atoms with Crippen LogP contribution in [0.4, 0.5) is 11.4 Å². The highest BCUT2D eigenvalue weighted by Crippen LogP contribution is 2.35. The van der Waals surface area contributed by atoms with Gasteiger partial charge in [-0.2, -0.15) is 0 Å². The molecule has 0 atom stereocenters. The second kappa shape index (κ2) is 6.15. The molecule has 4 nitrogen and oxygen atoms in total. The Hall–Kier alpha value is -3.40. The van der Waals surface area contributed by atoms with E-state index in [4.69, 9.17) is 4.74 Å². The van der Waals surface area contributed by atoms with Gasteiger partial charge in [0, 0.05) is 16.7 Å². The Balaban J connectivity index is 1.86. The van der Waals surface area contributed by atoms with E-state index in [1.807, 2.05) is 25.1 Å². The first-order chi connectivity index (χ1) is 12.6. The second-order valence-corrected chi connectivity index (χ2v) is 6.26. The molecular formula is C22H17NO3. The van der Waals surface area contributed by atoms with Gasteiger partial charge in [0.1, 0.15) is 5.75 Å². The molecule has 128 valence electrons. The summed E-state index contributed by atoms with van der Waals surface area (Å²) >= 11 is 0. The maximum atomic E-state index is 13.1. The molecule has 3 aromatic carbocycles. The Morgan fingerprint density at radius 2 is 1.46 bits per heavy atom. The van der Waals surface area contributed by atoms with Crippen LogP contribution in [0.2, 0.25) is 0 Å². The van der Waals surface area contributed by atoms with Crippen molar-refractivity contribution in [1.82, 2.24) is 0 Å². The summed E-state index contributed by atoms with van der Waals surface area (Å²) in [6.07, 6.45) is 0. The Labute approximate surface area is 151 Å². The number of hydrogen-bond donors (Lipinski definition) is 1.